The van der Waals surface area contributed by atoms with Crippen LogP contribution in [0.3, 0.4) is 0 Å². The van der Waals surface area contributed by atoms with Crippen molar-refractivity contribution < 1.29 is 17.9 Å². The second kappa shape index (κ2) is 9.36. The van der Waals surface area contributed by atoms with E-state index in [1.807, 2.05) is 38.1 Å². The Bertz CT molecular complexity index is 1280. The molecule has 1 amide bonds. The first-order valence-electron chi connectivity index (χ1n) is 10.9. The number of rotatable bonds is 7. The van der Waals surface area contributed by atoms with Crippen molar-refractivity contribution in [2.24, 2.45) is 0 Å². The van der Waals surface area contributed by atoms with Crippen LogP contribution in [0.2, 0.25) is 0 Å². The molecule has 1 saturated carbocycles. The number of methoxy groups -OCH3 is 1. The lowest BCUT2D eigenvalue weighted by molar-refractivity contribution is 0.102. The number of aromatic nitrogens is 2. The zero-order valence-corrected chi connectivity index (χ0v) is 19.8. The molecule has 174 valence electrons. The smallest absolute Gasteiger partial charge is 0.255 e. The van der Waals surface area contributed by atoms with Crippen LogP contribution in [0.4, 0.5) is 5.69 Å². The predicted octanol–water partition coefficient (Wildman–Crippen LogP) is 3.97. The molecule has 1 aromatic heterocycles. The van der Waals surface area contributed by atoms with E-state index >= 15 is 0 Å². The summed E-state index contributed by atoms with van der Waals surface area (Å²) in [6, 6.07) is 13.6. The van der Waals surface area contributed by atoms with Crippen molar-refractivity contribution in [1.29, 1.82) is 0 Å². The molecule has 0 aliphatic heterocycles. The second-order valence-corrected chi connectivity index (χ2v) is 9.96. The Morgan fingerprint density at radius 1 is 1.09 bits per heavy atom. The second-order valence-electron chi connectivity index (χ2n) is 8.28. The fourth-order valence-electron chi connectivity index (χ4n) is 4.19. The van der Waals surface area contributed by atoms with Crippen LogP contribution in [0, 0.1) is 13.8 Å². The van der Waals surface area contributed by atoms with E-state index in [1.165, 1.54) is 19.2 Å². The summed E-state index contributed by atoms with van der Waals surface area (Å²) in [6.07, 6.45) is 3.62. The lowest BCUT2D eigenvalue weighted by Gasteiger charge is -2.16. The van der Waals surface area contributed by atoms with Crippen molar-refractivity contribution in [2.75, 3.05) is 12.4 Å². The van der Waals surface area contributed by atoms with Gasteiger partial charge in [-0.3, -0.25) is 4.79 Å². The maximum absolute atomic E-state index is 13.1. The summed E-state index contributed by atoms with van der Waals surface area (Å²) in [7, 11) is -2.43. The van der Waals surface area contributed by atoms with Gasteiger partial charge in [-0.1, -0.05) is 25.0 Å². The molecule has 0 saturated heterocycles. The van der Waals surface area contributed by atoms with E-state index in [2.05, 4.69) is 15.1 Å². The number of anilines is 1. The van der Waals surface area contributed by atoms with E-state index in [0.29, 0.717) is 5.69 Å². The average molecular weight is 469 g/mol. The van der Waals surface area contributed by atoms with Crippen molar-refractivity contribution in [2.45, 2.75) is 50.5 Å². The number of amides is 1. The number of benzene rings is 2. The lowest BCUT2D eigenvalue weighted by atomic mass is 10.2. The molecule has 0 unspecified atom stereocenters. The number of nitrogens with one attached hydrogen (secondary N) is 2. The first-order chi connectivity index (χ1) is 15.8. The van der Waals surface area contributed by atoms with Crippen LogP contribution in [0.25, 0.3) is 5.69 Å². The van der Waals surface area contributed by atoms with Crippen molar-refractivity contribution in [3.8, 4) is 11.4 Å². The van der Waals surface area contributed by atoms with Gasteiger partial charge in [0, 0.05) is 17.3 Å². The Balaban J connectivity index is 1.64. The van der Waals surface area contributed by atoms with Gasteiger partial charge in [0.25, 0.3) is 5.91 Å². The third-order valence-corrected chi connectivity index (χ3v) is 7.32. The Kier molecular flexibility index (Phi) is 6.53. The Hall–Kier alpha value is -3.17. The van der Waals surface area contributed by atoms with Crippen molar-refractivity contribution in [1.82, 2.24) is 14.5 Å². The monoisotopic (exact) mass is 468 g/mol. The molecule has 2 aromatic carbocycles. The minimum Gasteiger partial charge on any atom is -0.495 e. The van der Waals surface area contributed by atoms with Crippen LogP contribution < -0.4 is 14.8 Å². The molecule has 1 fully saturated rings. The third kappa shape index (κ3) is 4.94. The minimum absolute atomic E-state index is 0.0450. The molecular formula is C24H28N4O4S. The van der Waals surface area contributed by atoms with E-state index in [9.17, 15) is 13.2 Å². The molecule has 9 heteroatoms. The van der Waals surface area contributed by atoms with Gasteiger partial charge in [0.2, 0.25) is 10.0 Å². The summed E-state index contributed by atoms with van der Waals surface area (Å²) in [5.41, 5.74) is 3.31. The summed E-state index contributed by atoms with van der Waals surface area (Å²) in [4.78, 5) is 13.1. The topological polar surface area (TPSA) is 102 Å². The van der Waals surface area contributed by atoms with Crippen molar-refractivity contribution in [3.05, 3.63) is 65.5 Å². The number of sulfonamides is 1. The van der Waals surface area contributed by atoms with Gasteiger partial charge in [-0.2, -0.15) is 5.10 Å². The van der Waals surface area contributed by atoms with Gasteiger partial charge in [0.05, 0.1) is 24.2 Å². The number of aryl methyl sites for hydroxylation is 2. The number of carbonyl (C=O) groups is 1. The van der Waals surface area contributed by atoms with Gasteiger partial charge in [-0.05, 0) is 63.1 Å². The number of hydrogen-bond acceptors (Lipinski definition) is 5. The molecule has 8 nitrogen and oxygen atoms in total. The van der Waals surface area contributed by atoms with E-state index in [4.69, 9.17) is 4.74 Å². The van der Waals surface area contributed by atoms with Gasteiger partial charge in [0.15, 0.2) is 0 Å². The van der Waals surface area contributed by atoms with Crippen molar-refractivity contribution in [3.63, 3.8) is 0 Å². The fourth-order valence-corrected chi connectivity index (χ4v) is 5.69. The highest BCUT2D eigenvalue weighted by atomic mass is 32.2. The minimum atomic E-state index is -3.84. The van der Waals surface area contributed by atoms with Gasteiger partial charge in [0.1, 0.15) is 10.6 Å². The van der Waals surface area contributed by atoms with Crippen LogP contribution in [0.5, 0.6) is 5.75 Å². The average Bonchev–Trinajstić information content (AvgIpc) is 3.41. The van der Waals surface area contributed by atoms with Crippen LogP contribution in [-0.4, -0.2) is 37.3 Å². The number of hydrogen-bond donors (Lipinski definition) is 2. The molecule has 1 aliphatic rings. The molecule has 0 atom stereocenters. The maximum atomic E-state index is 13.1. The quantitative estimate of drug-likeness (QED) is 0.546. The Morgan fingerprint density at radius 3 is 2.48 bits per heavy atom. The predicted molar refractivity (Wildman–Crippen MR) is 127 cm³/mol. The zero-order chi connectivity index (χ0) is 23.6. The summed E-state index contributed by atoms with van der Waals surface area (Å²) in [5, 5.41) is 7.40. The number of para-hydroxylation sites is 2. The van der Waals surface area contributed by atoms with Gasteiger partial charge in [-0.25, -0.2) is 17.8 Å². The Morgan fingerprint density at radius 2 is 1.82 bits per heavy atom. The summed E-state index contributed by atoms with van der Waals surface area (Å²) in [6.45, 7) is 3.85. The number of nitrogens with zero attached hydrogens (tertiary/aromatic N) is 2. The molecule has 0 spiro atoms. The summed E-state index contributed by atoms with van der Waals surface area (Å²) >= 11 is 0. The normalized spacial score (nSPS) is 14.4. The highest BCUT2D eigenvalue weighted by molar-refractivity contribution is 7.89. The zero-order valence-electron chi connectivity index (χ0n) is 19.0. The lowest BCUT2D eigenvalue weighted by Crippen LogP contribution is -2.33. The molecule has 2 N–H and O–H groups in total. The molecule has 3 aromatic rings. The van der Waals surface area contributed by atoms with Gasteiger partial charge < -0.3 is 10.1 Å². The highest BCUT2D eigenvalue weighted by Gasteiger charge is 2.27. The highest BCUT2D eigenvalue weighted by Crippen LogP contribution is 2.28. The third-order valence-electron chi connectivity index (χ3n) is 5.78. The van der Waals surface area contributed by atoms with Gasteiger partial charge in [-0.15, -0.1) is 0 Å². The Labute approximate surface area is 194 Å². The number of carbonyl (C=O) groups excluding carboxylic acids is 1. The van der Waals surface area contributed by atoms with E-state index < -0.39 is 15.9 Å². The van der Waals surface area contributed by atoms with E-state index in [0.717, 1.165) is 42.8 Å². The molecule has 1 heterocycles. The van der Waals surface area contributed by atoms with Crippen molar-refractivity contribution >= 4 is 21.6 Å². The van der Waals surface area contributed by atoms with Crippen LogP contribution in [0.15, 0.2) is 53.4 Å². The fraction of sp³-hybridized carbons (Fsp3) is 0.333. The first-order valence-corrected chi connectivity index (χ1v) is 12.4. The summed E-state index contributed by atoms with van der Waals surface area (Å²) < 4.78 is 35.9. The van der Waals surface area contributed by atoms with E-state index in [-0.39, 0.29) is 22.3 Å². The maximum Gasteiger partial charge on any atom is 0.255 e. The first kappa shape index (κ1) is 23.0. The molecule has 4 rings (SSSR count). The van der Waals surface area contributed by atoms with Gasteiger partial charge >= 0.3 is 0 Å². The summed E-state index contributed by atoms with van der Waals surface area (Å²) in [5.74, 6) is -0.232. The number of ether oxygens (including phenoxy) is 1. The largest absolute Gasteiger partial charge is 0.495 e. The molecule has 33 heavy (non-hydrogen) atoms. The van der Waals surface area contributed by atoms with Crippen LogP contribution in [-0.2, 0) is 10.0 Å². The van der Waals surface area contributed by atoms with Crippen LogP contribution >= 0.6 is 0 Å². The SMILES string of the molecule is COc1ccc(C(=O)Nc2ccccc2-n2nc(C)cc2C)cc1S(=O)(=O)NC1CCCC1. The molecule has 1 aliphatic carbocycles. The molecule has 0 bridgehead atoms. The molecular weight excluding hydrogens is 440 g/mol. The van der Waals surface area contributed by atoms with Crippen LogP contribution in [0.1, 0.15) is 47.4 Å². The van der Waals surface area contributed by atoms with E-state index in [1.54, 1.807) is 16.8 Å². The standard InChI is InChI=1S/C24H28N4O4S/c1-16-14-17(2)28(26-16)21-11-7-6-10-20(21)25-24(29)18-12-13-22(32-3)23(15-18)33(30,31)27-19-8-4-5-9-19/h6-7,10-15,19,27H,4-5,8-9H2,1-3H3,(H,25,29). The molecule has 0 radical (unpaired) electrons.